The highest BCUT2D eigenvalue weighted by atomic mass is 32.2. The number of primary sulfonamides is 1. The van der Waals surface area contributed by atoms with Crippen molar-refractivity contribution in [3.05, 3.63) is 89.6 Å². The van der Waals surface area contributed by atoms with Crippen molar-refractivity contribution < 1.29 is 17.6 Å². The molecule has 1 aliphatic carbocycles. The first-order valence-electron chi connectivity index (χ1n) is 11.3. The molecule has 1 fully saturated rings. The average molecular weight is 507 g/mol. The minimum Gasteiger partial charge on any atom is -0.349 e. The van der Waals surface area contributed by atoms with Crippen LogP contribution in [0.25, 0.3) is 17.2 Å². The Morgan fingerprint density at radius 2 is 1.86 bits per heavy atom. The van der Waals surface area contributed by atoms with E-state index >= 15 is 0 Å². The molecular formula is C25H23FN6O3S. The molecule has 0 aliphatic heterocycles. The molecule has 2 aromatic heterocycles. The van der Waals surface area contributed by atoms with Crippen LogP contribution in [0.4, 0.5) is 4.39 Å². The number of nitrogens with two attached hydrogens (primary N) is 1. The number of pyridine rings is 1. The summed E-state index contributed by atoms with van der Waals surface area (Å²) in [4.78, 5) is 17.0. The first kappa shape index (κ1) is 23.8. The van der Waals surface area contributed by atoms with E-state index in [1.54, 1.807) is 29.0 Å². The van der Waals surface area contributed by atoms with Gasteiger partial charge in [0.05, 0.1) is 10.6 Å². The zero-order valence-corrected chi connectivity index (χ0v) is 20.1. The van der Waals surface area contributed by atoms with E-state index < -0.39 is 21.7 Å². The molecule has 0 unspecified atom stereocenters. The van der Waals surface area contributed by atoms with Crippen molar-refractivity contribution in [2.24, 2.45) is 5.14 Å². The summed E-state index contributed by atoms with van der Waals surface area (Å²) >= 11 is 0. The number of rotatable bonds is 6. The minimum atomic E-state index is -3.92. The second-order valence-corrected chi connectivity index (χ2v) is 10.4. The zero-order chi connectivity index (χ0) is 25.4. The molecular weight excluding hydrogens is 483 g/mol. The Bertz CT molecular complexity index is 1550. The number of nitrogens with zero attached hydrogens (tertiary/aromatic N) is 4. The molecule has 0 bridgehead atoms. The van der Waals surface area contributed by atoms with Gasteiger partial charge in [-0.2, -0.15) is 0 Å². The number of benzene rings is 2. The fraction of sp³-hybridized carbons (Fsp3) is 0.200. The second-order valence-electron chi connectivity index (χ2n) is 8.80. The van der Waals surface area contributed by atoms with E-state index in [2.05, 4.69) is 20.5 Å². The van der Waals surface area contributed by atoms with E-state index in [-0.39, 0.29) is 22.4 Å². The molecule has 5 rings (SSSR count). The summed E-state index contributed by atoms with van der Waals surface area (Å²) in [7, 11) is -3.92. The van der Waals surface area contributed by atoms with Crippen LogP contribution in [-0.2, 0) is 10.0 Å². The Hall–Kier alpha value is -3.96. The smallest absolute Gasteiger partial charge is 0.251 e. The molecule has 4 aromatic rings. The molecule has 0 spiro atoms. The second kappa shape index (κ2) is 9.25. The summed E-state index contributed by atoms with van der Waals surface area (Å²) in [5.41, 5.74) is 2.08. The lowest BCUT2D eigenvalue weighted by Crippen LogP contribution is -2.44. The Morgan fingerprint density at radius 3 is 2.56 bits per heavy atom. The van der Waals surface area contributed by atoms with E-state index in [0.29, 0.717) is 35.9 Å². The largest absolute Gasteiger partial charge is 0.349 e. The number of halogens is 1. The molecule has 36 heavy (non-hydrogen) atoms. The summed E-state index contributed by atoms with van der Waals surface area (Å²) < 4.78 is 39.7. The Balaban J connectivity index is 1.38. The van der Waals surface area contributed by atoms with E-state index in [4.69, 9.17) is 5.14 Å². The number of aryl methyl sites for hydroxylation is 1. The molecule has 0 saturated heterocycles. The number of carbonyl (C=O) groups is 1. The number of nitrogens with one attached hydrogen (secondary N) is 1. The number of hydrogen-bond acceptors (Lipinski definition) is 6. The van der Waals surface area contributed by atoms with Gasteiger partial charge in [-0.25, -0.2) is 17.9 Å². The van der Waals surface area contributed by atoms with Crippen LogP contribution in [0.1, 0.15) is 40.5 Å². The maximum absolute atomic E-state index is 14.8. The first-order valence-corrected chi connectivity index (χ1v) is 12.8. The van der Waals surface area contributed by atoms with Gasteiger partial charge in [-0.3, -0.25) is 14.3 Å². The Labute approximate surface area is 207 Å². The van der Waals surface area contributed by atoms with Gasteiger partial charge in [-0.05, 0) is 61.7 Å². The third-order valence-electron chi connectivity index (χ3n) is 6.19. The van der Waals surface area contributed by atoms with Crippen LogP contribution < -0.4 is 10.5 Å². The zero-order valence-electron chi connectivity index (χ0n) is 19.3. The highest BCUT2D eigenvalue weighted by Crippen LogP contribution is 2.39. The van der Waals surface area contributed by atoms with E-state index in [1.165, 1.54) is 30.3 Å². The molecule has 184 valence electrons. The molecule has 2 heterocycles. The van der Waals surface area contributed by atoms with Crippen molar-refractivity contribution in [2.75, 3.05) is 0 Å². The number of amides is 1. The molecule has 2 aromatic carbocycles. The number of sulfonamides is 1. The summed E-state index contributed by atoms with van der Waals surface area (Å²) in [6.07, 6.45) is 2.85. The van der Waals surface area contributed by atoms with Crippen molar-refractivity contribution in [2.45, 2.75) is 36.6 Å². The summed E-state index contributed by atoms with van der Waals surface area (Å²) in [5.74, 6) is 0.133. The van der Waals surface area contributed by atoms with Crippen LogP contribution in [0.3, 0.4) is 0 Å². The molecule has 11 heteroatoms. The SMILES string of the molecule is Cc1ccc(-c2nnc([C@H]3C[C@H](NC(=O)c4cccc(S(N)(=O)=O)c4)C3)n2-c2ccccc2F)nc1. The summed E-state index contributed by atoms with van der Waals surface area (Å²) in [6.45, 7) is 1.93. The van der Waals surface area contributed by atoms with Gasteiger partial charge in [0.2, 0.25) is 10.0 Å². The molecule has 0 radical (unpaired) electrons. The average Bonchev–Trinajstić information content (AvgIpc) is 3.25. The van der Waals surface area contributed by atoms with Crippen LogP contribution in [-0.4, -0.2) is 40.1 Å². The standard InChI is InChI=1S/C25H23FN6O3S/c1-15-9-10-21(28-14-15)24-31-30-23(32(24)22-8-3-2-7-20(22)26)17-11-18(12-17)29-25(33)16-5-4-6-19(13-16)36(27,34)35/h2-10,13-14,17-18H,11-12H2,1H3,(H,29,33)(H2,27,34,35)/t17-,18-. The van der Waals surface area contributed by atoms with E-state index in [0.717, 1.165) is 5.56 Å². The number of carbonyl (C=O) groups excluding carboxylic acids is 1. The molecule has 1 aliphatic rings. The molecule has 3 N–H and O–H groups in total. The topological polar surface area (TPSA) is 133 Å². The van der Waals surface area contributed by atoms with Gasteiger partial charge in [0, 0.05) is 23.7 Å². The quantitative estimate of drug-likeness (QED) is 0.413. The van der Waals surface area contributed by atoms with E-state index in [9.17, 15) is 17.6 Å². The summed E-state index contributed by atoms with van der Waals surface area (Å²) in [6, 6.07) is 15.5. The molecule has 1 saturated carbocycles. The molecule has 1 amide bonds. The van der Waals surface area contributed by atoms with Gasteiger partial charge in [0.1, 0.15) is 17.3 Å². The van der Waals surface area contributed by atoms with Crippen molar-refractivity contribution >= 4 is 15.9 Å². The lowest BCUT2D eigenvalue weighted by atomic mass is 9.79. The maximum atomic E-state index is 14.8. The number of para-hydroxylation sites is 1. The Morgan fingerprint density at radius 1 is 1.08 bits per heavy atom. The van der Waals surface area contributed by atoms with Crippen molar-refractivity contribution in [1.29, 1.82) is 0 Å². The van der Waals surface area contributed by atoms with Gasteiger partial charge < -0.3 is 5.32 Å². The third-order valence-corrected chi connectivity index (χ3v) is 7.10. The normalized spacial score (nSPS) is 17.4. The van der Waals surface area contributed by atoms with Crippen LogP contribution in [0, 0.1) is 12.7 Å². The van der Waals surface area contributed by atoms with Crippen LogP contribution in [0.15, 0.2) is 71.8 Å². The van der Waals surface area contributed by atoms with Crippen molar-refractivity contribution in [1.82, 2.24) is 25.1 Å². The minimum absolute atomic E-state index is 0.0719. The number of aromatic nitrogens is 4. The fourth-order valence-corrected chi connectivity index (χ4v) is 4.79. The lowest BCUT2D eigenvalue weighted by Gasteiger charge is -2.35. The number of hydrogen-bond donors (Lipinski definition) is 2. The monoisotopic (exact) mass is 506 g/mol. The predicted octanol–water partition coefficient (Wildman–Crippen LogP) is 3.10. The molecule has 9 nitrogen and oxygen atoms in total. The van der Waals surface area contributed by atoms with Crippen molar-refractivity contribution in [3.8, 4) is 17.2 Å². The molecule has 0 atom stereocenters. The third kappa shape index (κ3) is 4.62. The van der Waals surface area contributed by atoms with Crippen molar-refractivity contribution in [3.63, 3.8) is 0 Å². The maximum Gasteiger partial charge on any atom is 0.251 e. The van der Waals surface area contributed by atoms with Gasteiger partial charge in [0.25, 0.3) is 5.91 Å². The van der Waals surface area contributed by atoms with Crippen LogP contribution >= 0.6 is 0 Å². The lowest BCUT2D eigenvalue weighted by molar-refractivity contribution is 0.0907. The Kier molecular flexibility index (Phi) is 6.10. The van der Waals surface area contributed by atoms with Gasteiger partial charge in [-0.1, -0.05) is 24.3 Å². The van der Waals surface area contributed by atoms with Gasteiger partial charge >= 0.3 is 0 Å². The van der Waals surface area contributed by atoms with Crippen LogP contribution in [0.5, 0.6) is 0 Å². The first-order chi connectivity index (χ1) is 17.2. The summed E-state index contributed by atoms with van der Waals surface area (Å²) in [5, 5.41) is 16.8. The highest BCUT2D eigenvalue weighted by Gasteiger charge is 2.36. The van der Waals surface area contributed by atoms with Crippen LogP contribution in [0.2, 0.25) is 0 Å². The van der Waals surface area contributed by atoms with E-state index in [1.807, 2.05) is 19.1 Å². The fourth-order valence-electron chi connectivity index (χ4n) is 4.23. The highest BCUT2D eigenvalue weighted by molar-refractivity contribution is 7.89. The van der Waals surface area contributed by atoms with Gasteiger partial charge in [-0.15, -0.1) is 10.2 Å². The predicted molar refractivity (Wildman–Crippen MR) is 130 cm³/mol. The van der Waals surface area contributed by atoms with Gasteiger partial charge in [0.15, 0.2) is 5.82 Å².